The SMILES string of the molecule is Cc1ccc(Cl)cc1-n1nc(C(N)=O)cc1N. The predicted molar refractivity (Wildman–Crippen MR) is 66.2 cm³/mol. The van der Waals surface area contributed by atoms with Crippen molar-refractivity contribution in [3.63, 3.8) is 0 Å². The van der Waals surface area contributed by atoms with Crippen LogP contribution in [-0.4, -0.2) is 15.7 Å². The molecule has 1 aromatic heterocycles. The first kappa shape index (κ1) is 11.5. The van der Waals surface area contributed by atoms with Gasteiger partial charge in [-0.25, -0.2) is 4.68 Å². The highest BCUT2D eigenvalue weighted by Crippen LogP contribution is 2.21. The summed E-state index contributed by atoms with van der Waals surface area (Å²) >= 11 is 5.91. The van der Waals surface area contributed by atoms with E-state index in [1.165, 1.54) is 10.7 Å². The molecule has 0 aliphatic rings. The minimum Gasteiger partial charge on any atom is -0.384 e. The molecule has 1 aromatic carbocycles. The number of nitrogens with zero attached hydrogens (tertiary/aromatic N) is 2. The maximum Gasteiger partial charge on any atom is 0.269 e. The molecule has 0 spiro atoms. The maximum absolute atomic E-state index is 11.0. The van der Waals surface area contributed by atoms with Crippen LogP contribution in [-0.2, 0) is 0 Å². The van der Waals surface area contributed by atoms with Crippen LogP contribution in [0.5, 0.6) is 0 Å². The summed E-state index contributed by atoms with van der Waals surface area (Å²) in [4.78, 5) is 11.0. The molecule has 1 heterocycles. The Morgan fingerprint density at radius 1 is 1.41 bits per heavy atom. The number of hydrogen-bond acceptors (Lipinski definition) is 3. The summed E-state index contributed by atoms with van der Waals surface area (Å²) in [5.74, 6) is -0.278. The van der Waals surface area contributed by atoms with Crippen molar-refractivity contribution >= 4 is 23.3 Å². The van der Waals surface area contributed by atoms with E-state index in [0.29, 0.717) is 10.8 Å². The molecule has 0 fully saturated rings. The average molecular weight is 251 g/mol. The Balaban J connectivity index is 2.60. The number of anilines is 1. The van der Waals surface area contributed by atoms with Crippen molar-refractivity contribution in [1.82, 2.24) is 9.78 Å². The lowest BCUT2D eigenvalue weighted by Crippen LogP contribution is -2.12. The second kappa shape index (κ2) is 4.10. The van der Waals surface area contributed by atoms with Gasteiger partial charge < -0.3 is 11.5 Å². The van der Waals surface area contributed by atoms with Gasteiger partial charge in [-0.15, -0.1) is 0 Å². The summed E-state index contributed by atoms with van der Waals surface area (Å²) in [5, 5.41) is 4.61. The third kappa shape index (κ3) is 2.09. The Kier molecular flexibility index (Phi) is 2.77. The van der Waals surface area contributed by atoms with Gasteiger partial charge in [0.1, 0.15) is 5.82 Å². The van der Waals surface area contributed by atoms with Crippen LogP contribution in [0.25, 0.3) is 5.69 Å². The van der Waals surface area contributed by atoms with Crippen LogP contribution in [0.2, 0.25) is 5.02 Å². The van der Waals surface area contributed by atoms with Crippen LogP contribution in [0.4, 0.5) is 5.82 Å². The molecule has 2 rings (SSSR count). The first-order valence-electron chi connectivity index (χ1n) is 4.91. The number of nitrogens with two attached hydrogens (primary N) is 2. The van der Waals surface area contributed by atoms with Crippen LogP contribution in [0.1, 0.15) is 16.1 Å². The third-order valence-electron chi connectivity index (χ3n) is 2.39. The van der Waals surface area contributed by atoms with Crippen LogP contribution < -0.4 is 11.5 Å². The second-order valence-corrected chi connectivity index (χ2v) is 4.10. The number of primary amides is 1. The summed E-state index contributed by atoms with van der Waals surface area (Å²) in [7, 11) is 0. The number of carbonyl (C=O) groups is 1. The predicted octanol–water partition coefficient (Wildman–Crippen LogP) is 1.52. The molecule has 2 aromatic rings. The van der Waals surface area contributed by atoms with Crippen LogP contribution in [0.15, 0.2) is 24.3 Å². The molecule has 1 amide bonds. The topological polar surface area (TPSA) is 86.9 Å². The van der Waals surface area contributed by atoms with Gasteiger partial charge in [-0.3, -0.25) is 4.79 Å². The van der Waals surface area contributed by atoms with Gasteiger partial charge in [0.05, 0.1) is 5.69 Å². The fraction of sp³-hybridized carbons (Fsp3) is 0.0909. The quantitative estimate of drug-likeness (QED) is 0.847. The van der Waals surface area contributed by atoms with Crippen molar-refractivity contribution in [2.45, 2.75) is 6.92 Å². The zero-order chi connectivity index (χ0) is 12.6. The Hall–Kier alpha value is -2.01. The summed E-state index contributed by atoms with van der Waals surface area (Å²) in [6.07, 6.45) is 0. The standard InChI is InChI=1S/C11H11ClN4O/c1-6-2-3-7(12)4-9(6)16-10(13)5-8(15-16)11(14)17/h2-5H,13H2,1H3,(H2,14,17). The molecule has 0 aliphatic heterocycles. The molecule has 0 saturated heterocycles. The summed E-state index contributed by atoms with van der Waals surface area (Å²) in [6.45, 7) is 1.90. The molecule has 5 nitrogen and oxygen atoms in total. The molecule has 0 bridgehead atoms. The fourth-order valence-electron chi connectivity index (χ4n) is 1.52. The van der Waals surface area contributed by atoms with Crippen LogP contribution >= 0.6 is 11.6 Å². The van der Waals surface area contributed by atoms with Gasteiger partial charge in [-0.2, -0.15) is 5.10 Å². The first-order valence-corrected chi connectivity index (χ1v) is 5.28. The highest BCUT2D eigenvalue weighted by Gasteiger charge is 2.12. The molecule has 17 heavy (non-hydrogen) atoms. The molecule has 0 unspecified atom stereocenters. The van der Waals surface area contributed by atoms with Crippen molar-refractivity contribution in [3.8, 4) is 5.69 Å². The van der Waals surface area contributed by atoms with E-state index >= 15 is 0 Å². The Morgan fingerprint density at radius 2 is 2.12 bits per heavy atom. The molecule has 0 saturated carbocycles. The first-order chi connectivity index (χ1) is 7.99. The van der Waals surface area contributed by atoms with E-state index in [1.807, 2.05) is 13.0 Å². The van der Waals surface area contributed by atoms with Gasteiger partial charge in [0.25, 0.3) is 5.91 Å². The Morgan fingerprint density at radius 3 is 2.71 bits per heavy atom. The van der Waals surface area contributed by atoms with E-state index < -0.39 is 5.91 Å². The fourth-order valence-corrected chi connectivity index (χ4v) is 1.69. The Bertz CT molecular complexity index is 591. The zero-order valence-electron chi connectivity index (χ0n) is 9.14. The molecular weight excluding hydrogens is 240 g/mol. The molecular formula is C11H11ClN4O. The van der Waals surface area contributed by atoms with E-state index in [-0.39, 0.29) is 5.69 Å². The van der Waals surface area contributed by atoms with Gasteiger partial charge in [-0.05, 0) is 24.6 Å². The van der Waals surface area contributed by atoms with Crippen molar-refractivity contribution in [1.29, 1.82) is 0 Å². The number of halogens is 1. The van der Waals surface area contributed by atoms with Crippen LogP contribution in [0.3, 0.4) is 0 Å². The molecule has 4 N–H and O–H groups in total. The van der Waals surface area contributed by atoms with Gasteiger partial charge >= 0.3 is 0 Å². The molecule has 0 radical (unpaired) electrons. The van der Waals surface area contributed by atoms with Crippen molar-refractivity contribution in [2.75, 3.05) is 5.73 Å². The van der Waals surface area contributed by atoms with Gasteiger partial charge in [0.15, 0.2) is 5.69 Å². The smallest absolute Gasteiger partial charge is 0.269 e. The summed E-state index contributed by atoms with van der Waals surface area (Å²) in [5.41, 5.74) is 12.7. The van der Waals surface area contributed by atoms with Crippen molar-refractivity contribution < 1.29 is 4.79 Å². The zero-order valence-corrected chi connectivity index (χ0v) is 9.90. The highest BCUT2D eigenvalue weighted by atomic mass is 35.5. The number of benzene rings is 1. The van der Waals surface area contributed by atoms with Crippen molar-refractivity contribution in [2.24, 2.45) is 5.73 Å². The van der Waals surface area contributed by atoms with Crippen molar-refractivity contribution in [3.05, 3.63) is 40.5 Å². The number of carbonyl (C=O) groups excluding carboxylic acids is 1. The van der Waals surface area contributed by atoms with E-state index in [1.54, 1.807) is 12.1 Å². The van der Waals surface area contributed by atoms with Gasteiger partial charge in [0, 0.05) is 11.1 Å². The average Bonchev–Trinajstić information content (AvgIpc) is 2.64. The number of rotatable bonds is 2. The lowest BCUT2D eigenvalue weighted by Gasteiger charge is -2.07. The van der Waals surface area contributed by atoms with E-state index in [9.17, 15) is 4.79 Å². The number of hydrogen-bond donors (Lipinski definition) is 2. The van der Waals surface area contributed by atoms with E-state index in [4.69, 9.17) is 23.1 Å². The minimum atomic E-state index is -0.616. The monoisotopic (exact) mass is 250 g/mol. The van der Waals surface area contributed by atoms with Gasteiger partial charge in [-0.1, -0.05) is 17.7 Å². The van der Waals surface area contributed by atoms with E-state index in [2.05, 4.69) is 5.10 Å². The normalized spacial score (nSPS) is 10.5. The Labute approximate surface area is 103 Å². The third-order valence-corrected chi connectivity index (χ3v) is 2.62. The number of amides is 1. The number of aryl methyl sites for hydroxylation is 1. The molecule has 0 aliphatic carbocycles. The van der Waals surface area contributed by atoms with Gasteiger partial charge in [0.2, 0.25) is 0 Å². The van der Waals surface area contributed by atoms with Crippen LogP contribution in [0, 0.1) is 6.92 Å². The summed E-state index contributed by atoms with van der Waals surface area (Å²) < 4.78 is 1.45. The molecule has 6 heteroatoms. The molecule has 0 atom stereocenters. The maximum atomic E-state index is 11.0. The lowest BCUT2D eigenvalue weighted by atomic mass is 10.2. The lowest BCUT2D eigenvalue weighted by molar-refractivity contribution is 0.0995. The minimum absolute atomic E-state index is 0.127. The number of aromatic nitrogens is 2. The highest BCUT2D eigenvalue weighted by molar-refractivity contribution is 6.30. The molecule has 88 valence electrons. The largest absolute Gasteiger partial charge is 0.384 e. The second-order valence-electron chi connectivity index (χ2n) is 3.66. The number of nitrogen functional groups attached to an aromatic ring is 1. The summed E-state index contributed by atoms with van der Waals surface area (Å²) in [6, 6.07) is 6.78. The van der Waals surface area contributed by atoms with E-state index in [0.717, 1.165) is 11.3 Å².